The van der Waals surface area contributed by atoms with Crippen molar-refractivity contribution in [1.29, 1.82) is 0 Å². The molecule has 0 heterocycles. The summed E-state index contributed by atoms with van der Waals surface area (Å²) in [7, 11) is 0. The summed E-state index contributed by atoms with van der Waals surface area (Å²) in [6.45, 7) is 6.12. The second kappa shape index (κ2) is 9.61. The molecular formula is C15H23ClN2O2. The van der Waals surface area contributed by atoms with Gasteiger partial charge < -0.3 is 15.4 Å². The third kappa shape index (κ3) is 6.78. The molecule has 2 amide bonds. The lowest BCUT2D eigenvalue weighted by atomic mass is 10.2. The number of carbonyl (C=O) groups excluding carboxylic acids is 1. The normalized spacial score (nSPS) is 10.3. The van der Waals surface area contributed by atoms with Crippen LogP contribution in [0, 0.1) is 6.92 Å². The Bertz CT molecular complexity index is 424. The van der Waals surface area contributed by atoms with Gasteiger partial charge in [0, 0.05) is 30.5 Å². The predicted octanol–water partition coefficient (Wildman–Crippen LogP) is 3.98. The van der Waals surface area contributed by atoms with Crippen molar-refractivity contribution in [2.24, 2.45) is 0 Å². The van der Waals surface area contributed by atoms with Crippen LogP contribution < -0.4 is 10.6 Å². The molecule has 0 saturated carbocycles. The van der Waals surface area contributed by atoms with Gasteiger partial charge in [0.25, 0.3) is 0 Å². The van der Waals surface area contributed by atoms with Crippen molar-refractivity contribution in [3.8, 4) is 0 Å². The number of aryl methyl sites for hydroxylation is 1. The van der Waals surface area contributed by atoms with Crippen molar-refractivity contribution in [3.05, 3.63) is 28.8 Å². The van der Waals surface area contributed by atoms with E-state index in [0.717, 1.165) is 37.1 Å². The molecule has 112 valence electrons. The van der Waals surface area contributed by atoms with Gasteiger partial charge in [-0.05, 0) is 43.5 Å². The minimum absolute atomic E-state index is 0.205. The number of nitrogens with one attached hydrogen (secondary N) is 2. The summed E-state index contributed by atoms with van der Waals surface area (Å²) in [6.07, 6.45) is 3.04. The molecule has 0 bridgehead atoms. The molecule has 0 aromatic heterocycles. The molecule has 0 unspecified atom stereocenters. The first kappa shape index (κ1) is 16.8. The number of hydrogen-bond donors (Lipinski definition) is 2. The molecule has 0 saturated heterocycles. The molecule has 0 aliphatic rings. The van der Waals surface area contributed by atoms with Crippen LogP contribution in [0.2, 0.25) is 5.02 Å². The second-order valence-corrected chi connectivity index (χ2v) is 5.10. The third-order valence-electron chi connectivity index (χ3n) is 2.83. The van der Waals surface area contributed by atoms with Crippen LogP contribution in [-0.2, 0) is 4.74 Å². The summed E-state index contributed by atoms with van der Waals surface area (Å²) < 4.78 is 5.42. The van der Waals surface area contributed by atoms with Crippen molar-refractivity contribution in [1.82, 2.24) is 5.32 Å². The SMILES string of the molecule is CCCCOCCCNC(=O)Nc1ccc(Cl)cc1C. The Morgan fingerprint density at radius 2 is 2.05 bits per heavy atom. The zero-order valence-electron chi connectivity index (χ0n) is 12.2. The average Bonchev–Trinajstić information content (AvgIpc) is 2.41. The van der Waals surface area contributed by atoms with E-state index < -0.39 is 0 Å². The monoisotopic (exact) mass is 298 g/mol. The van der Waals surface area contributed by atoms with Gasteiger partial charge in [-0.3, -0.25) is 0 Å². The fourth-order valence-corrected chi connectivity index (χ4v) is 1.89. The van der Waals surface area contributed by atoms with Gasteiger partial charge in [-0.15, -0.1) is 0 Å². The largest absolute Gasteiger partial charge is 0.381 e. The molecule has 0 atom stereocenters. The molecule has 2 N–H and O–H groups in total. The summed E-state index contributed by atoms with van der Waals surface area (Å²) in [5.41, 5.74) is 1.71. The molecule has 0 aliphatic carbocycles. The Labute approximate surface area is 125 Å². The molecule has 0 spiro atoms. The number of benzene rings is 1. The van der Waals surface area contributed by atoms with Gasteiger partial charge in [0.15, 0.2) is 0 Å². The summed E-state index contributed by atoms with van der Waals surface area (Å²) in [5, 5.41) is 6.26. The molecular weight excluding hydrogens is 276 g/mol. The van der Waals surface area contributed by atoms with Crippen LogP contribution in [0.4, 0.5) is 10.5 Å². The van der Waals surface area contributed by atoms with Gasteiger partial charge in [0.05, 0.1) is 0 Å². The van der Waals surface area contributed by atoms with Gasteiger partial charge in [0.1, 0.15) is 0 Å². The quantitative estimate of drug-likeness (QED) is 0.713. The number of anilines is 1. The molecule has 0 radical (unpaired) electrons. The zero-order chi connectivity index (χ0) is 14.8. The Morgan fingerprint density at radius 1 is 1.30 bits per heavy atom. The first-order valence-electron chi connectivity index (χ1n) is 7.02. The number of unbranched alkanes of at least 4 members (excludes halogenated alkanes) is 1. The molecule has 0 fully saturated rings. The Morgan fingerprint density at radius 3 is 2.75 bits per heavy atom. The smallest absolute Gasteiger partial charge is 0.319 e. The highest BCUT2D eigenvalue weighted by Gasteiger charge is 2.04. The number of rotatable bonds is 8. The van der Waals surface area contributed by atoms with E-state index in [1.54, 1.807) is 12.1 Å². The highest BCUT2D eigenvalue weighted by Crippen LogP contribution is 2.19. The predicted molar refractivity (Wildman–Crippen MR) is 83.6 cm³/mol. The van der Waals surface area contributed by atoms with Crippen LogP contribution in [0.25, 0.3) is 0 Å². The van der Waals surface area contributed by atoms with Gasteiger partial charge in [0.2, 0.25) is 0 Å². The summed E-state index contributed by atoms with van der Waals surface area (Å²) >= 11 is 5.87. The number of carbonyl (C=O) groups is 1. The van der Waals surface area contributed by atoms with Gasteiger partial charge in [-0.1, -0.05) is 24.9 Å². The molecule has 4 nitrogen and oxygen atoms in total. The van der Waals surface area contributed by atoms with Crippen molar-refractivity contribution < 1.29 is 9.53 Å². The maximum atomic E-state index is 11.7. The third-order valence-corrected chi connectivity index (χ3v) is 3.06. The van der Waals surface area contributed by atoms with Gasteiger partial charge in [-0.2, -0.15) is 0 Å². The number of amides is 2. The Hall–Kier alpha value is -1.26. The van der Waals surface area contributed by atoms with E-state index in [9.17, 15) is 4.79 Å². The number of hydrogen-bond acceptors (Lipinski definition) is 2. The van der Waals surface area contributed by atoms with Crippen LogP contribution in [0.5, 0.6) is 0 Å². The van der Waals surface area contributed by atoms with E-state index in [1.165, 1.54) is 0 Å². The van der Waals surface area contributed by atoms with Crippen LogP contribution in [0.15, 0.2) is 18.2 Å². The standard InChI is InChI=1S/C15H23ClN2O2/c1-3-4-9-20-10-5-8-17-15(19)18-14-7-6-13(16)11-12(14)2/h6-7,11H,3-5,8-10H2,1-2H3,(H2,17,18,19). The summed E-state index contributed by atoms with van der Waals surface area (Å²) in [5.74, 6) is 0. The lowest BCUT2D eigenvalue weighted by Gasteiger charge is -2.10. The zero-order valence-corrected chi connectivity index (χ0v) is 12.9. The molecule has 1 aromatic rings. The topological polar surface area (TPSA) is 50.4 Å². The van der Waals surface area contributed by atoms with E-state index in [1.807, 2.05) is 13.0 Å². The van der Waals surface area contributed by atoms with E-state index in [4.69, 9.17) is 16.3 Å². The lowest BCUT2D eigenvalue weighted by molar-refractivity contribution is 0.129. The summed E-state index contributed by atoms with van der Waals surface area (Å²) in [6, 6.07) is 5.17. The maximum Gasteiger partial charge on any atom is 0.319 e. The Balaban J connectivity index is 2.17. The summed E-state index contributed by atoms with van der Waals surface area (Å²) in [4.78, 5) is 11.7. The van der Waals surface area contributed by atoms with Gasteiger partial charge >= 0.3 is 6.03 Å². The highest BCUT2D eigenvalue weighted by molar-refractivity contribution is 6.30. The van der Waals surface area contributed by atoms with Gasteiger partial charge in [-0.25, -0.2) is 4.79 Å². The first-order chi connectivity index (χ1) is 9.63. The van der Waals surface area contributed by atoms with Crippen molar-refractivity contribution >= 4 is 23.3 Å². The molecule has 0 aliphatic heterocycles. The van der Waals surface area contributed by atoms with E-state index in [-0.39, 0.29) is 6.03 Å². The molecule has 20 heavy (non-hydrogen) atoms. The number of ether oxygens (including phenoxy) is 1. The number of urea groups is 1. The number of halogens is 1. The average molecular weight is 299 g/mol. The van der Waals surface area contributed by atoms with Crippen molar-refractivity contribution in [2.45, 2.75) is 33.1 Å². The maximum absolute atomic E-state index is 11.7. The van der Waals surface area contributed by atoms with E-state index in [2.05, 4.69) is 17.6 Å². The van der Waals surface area contributed by atoms with Crippen LogP contribution in [0.3, 0.4) is 0 Å². The van der Waals surface area contributed by atoms with Crippen molar-refractivity contribution in [3.63, 3.8) is 0 Å². The highest BCUT2D eigenvalue weighted by atomic mass is 35.5. The van der Waals surface area contributed by atoms with Crippen LogP contribution in [0.1, 0.15) is 31.7 Å². The Kier molecular flexibility index (Phi) is 8.07. The minimum atomic E-state index is -0.205. The van der Waals surface area contributed by atoms with E-state index in [0.29, 0.717) is 18.2 Å². The molecule has 1 rings (SSSR count). The van der Waals surface area contributed by atoms with E-state index >= 15 is 0 Å². The fourth-order valence-electron chi connectivity index (χ4n) is 1.66. The van der Waals surface area contributed by atoms with Crippen molar-refractivity contribution in [2.75, 3.05) is 25.1 Å². The van der Waals surface area contributed by atoms with Crippen LogP contribution in [-0.4, -0.2) is 25.8 Å². The second-order valence-electron chi connectivity index (χ2n) is 4.66. The first-order valence-corrected chi connectivity index (χ1v) is 7.40. The van der Waals surface area contributed by atoms with Crippen LogP contribution >= 0.6 is 11.6 Å². The molecule has 1 aromatic carbocycles. The fraction of sp³-hybridized carbons (Fsp3) is 0.533. The lowest BCUT2D eigenvalue weighted by Crippen LogP contribution is -2.30. The minimum Gasteiger partial charge on any atom is -0.381 e. The molecule has 5 heteroatoms.